The standard InChI is InChI=1S/C17H19N5O2/c18-17(24)22-8-4-7-13(11-22)16(23)21-14-9-19-15(20-10-14)12-5-2-1-3-6-12/h1-3,5-6,9-10,13H,4,7-8,11H2,(H2,18,24)(H,21,23)/t13-/m1/s1. The highest BCUT2D eigenvalue weighted by Gasteiger charge is 2.27. The van der Waals surface area contributed by atoms with Crippen molar-refractivity contribution in [2.24, 2.45) is 11.7 Å². The van der Waals surface area contributed by atoms with E-state index in [0.717, 1.165) is 18.4 Å². The van der Waals surface area contributed by atoms with Crippen LogP contribution in [0.3, 0.4) is 0 Å². The fraction of sp³-hybridized carbons (Fsp3) is 0.294. The van der Waals surface area contributed by atoms with Crippen molar-refractivity contribution >= 4 is 17.6 Å². The normalized spacial score (nSPS) is 17.3. The Morgan fingerprint density at radius 2 is 1.88 bits per heavy atom. The molecular weight excluding hydrogens is 306 g/mol. The monoisotopic (exact) mass is 325 g/mol. The van der Waals surface area contributed by atoms with Crippen LogP contribution in [0.5, 0.6) is 0 Å². The van der Waals surface area contributed by atoms with Crippen LogP contribution in [-0.4, -0.2) is 39.9 Å². The van der Waals surface area contributed by atoms with Gasteiger partial charge in [-0.3, -0.25) is 4.79 Å². The second-order valence-electron chi connectivity index (χ2n) is 5.77. The van der Waals surface area contributed by atoms with Gasteiger partial charge in [0, 0.05) is 18.7 Å². The first kappa shape index (κ1) is 15.9. The lowest BCUT2D eigenvalue weighted by atomic mass is 9.97. The molecule has 124 valence electrons. The molecular formula is C17H19N5O2. The fourth-order valence-electron chi connectivity index (χ4n) is 2.76. The van der Waals surface area contributed by atoms with Crippen molar-refractivity contribution < 1.29 is 9.59 Å². The lowest BCUT2D eigenvalue weighted by Gasteiger charge is -2.30. The topological polar surface area (TPSA) is 101 Å². The summed E-state index contributed by atoms with van der Waals surface area (Å²) < 4.78 is 0. The minimum absolute atomic E-state index is 0.142. The van der Waals surface area contributed by atoms with Crippen molar-refractivity contribution in [1.29, 1.82) is 0 Å². The summed E-state index contributed by atoms with van der Waals surface area (Å²) >= 11 is 0. The number of anilines is 1. The second kappa shape index (κ2) is 7.08. The molecule has 1 aliphatic heterocycles. The van der Waals surface area contributed by atoms with Crippen molar-refractivity contribution in [2.75, 3.05) is 18.4 Å². The minimum atomic E-state index is -0.483. The van der Waals surface area contributed by atoms with Gasteiger partial charge in [-0.1, -0.05) is 30.3 Å². The number of primary amides is 1. The first-order chi connectivity index (χ1) is 11.6. The number of nitrogens with zero attached hydrogens (tertiary/aromatic N) is 3. The van der Waals surface area contributed by atoms with Crippen molar-refractivity contribution in [2.45, 2.75) is 12.8 Å². The number of nitrogens with one attached hydrogen (secondary N) is 1. The number of rotatable bonds is 3. The number of piperidine rings is 1. The van der Waals surface area contributed by atoms with Crippen LogP contribution < -0.4 is 11.1 Å². The number of amides is 3. The van der Waals surface area contributed by atoms with Crippen LogP contribution in [0.2, 0.25) is 0 Å². The van der Waals surface area contributed by atoms with Crippen molar-refractivity contribution in [1.82, 2.24) is 14.9 Å². The smallest absolute Gasteiger partial charge is 0.314 e. The molecule has 0 radical (unpaired) electrons. The quantitative estimate of drug-likeness (QED) is 0.899. The molecule has 24 heavy (non-hydrogen) atoms. The molecule has 2 heterocycles. The first-order valence-electron chi connectivity index (χ1n) is 7.86. The summed E-state index contributed by atoms with van der Waals surface area (Å²) in [7, 11) is 0. The molecule has 0 spiro atoms. The predicted molar refractivity (Wildman–Crippen MR) is 90.0 cm³/mol. The lowest BCUT2D eigenvalue weighted by Crippen LogP contribution is -2.46. The Morgan fingerprint density at radius 3 is 2.54 bits per heavy atom. The van der Waals surface area contributed by atoms with Gasteiger partial charge in [-0.05, 0) is 12.8 Å². The zero-order valence-corrected chi connectivity index (χ0v) is 13.2. The molecule has 1 atom stereocenters. The Labute approximate surface area is 139 Å². The molecule has 3 amide bonds. The fourth-order valence-corrected chi connectivity index (χ4v) is 2.76. The third kappa shape index (κ3) is 3.68. The number of hydrogen-bond acceptors (Lipinski definition) is 4. The van der Waals surface area contributed by atoms with Gasteiger partial charge in [0.2, 0.25) is 5.91 Å². The zero-order valence-electron chi connectivity index (χ0n) is 13.2. The van der Waals surface area contributed by atoms with Crippen LogP contribution >= 0.6 is 0 Å². The van der Waals surface area contributed by atoms with Crippen LogP contribution in [0.25, 0.3) is 11.4 Å². The molecule has 1 aliphatic rings. The second-order valence-corrected chi connectivity index (χ2v) is 5.77. The highest BCUT2D eigenvalue weighted by atomic mass is 16.2. The van der Waals surface area contributed by atoms with Gasteiger partial charge >= 0.3 is 6.03 Å². The van der Waals surface area contributed by atoms with E-state index in [4.69, 9.17) is 5.73 Å². The molecule has 0 aliphatic carbocycles. The number of likely N-dealkylation sites (tertiary alicyclic amines) is 1. The molecule has 1 saturated heterocycles. The maximum Gasteiger partial charge on any atom is 0.314 e. The Hall–Kier alpha value is -2.96. The lowest BCUT2D eigenvalue weighted by molar-refractivity contribution is -0.121. The largest absolute Gasteiger partial charge is 0.351 e. The summed E-state index contributed by atoms with van der Waals surface area (Å²) in [6, 6.07) is 9.13. The van der Waals surface area contributed by atoms with E-state index in [9.17, 15) is 9.59 Å². The third-order valence-corrected chi connectivity index (χ3v) is 4.06. The van der Waals surface area contributed by atoms with E-state index in [1.165, 1.54) is 4.90 Å². The number of carbonyl (C=O) groups is 2. The van der Waals surface area contributed by atoms with Crippen LogP contribution in [0, 0.1) is 5.92 Å². The summed E-state index contributed by atoms with van der Waals surface area (Å²) in [6.07, 6.45) is 4.67. The maximum absolute atomic E-state index is 12.3. The van der Waals surface area contributed by atoms with Crippen molar-refractivity contribution in [3.63, 3.8) is 0 Å². The zero-order chi connectivity index (χ0) is 16.9. The molecule has 3 rings (SSSR count). The van der Waals surface area contributed by atoms with Crippen LogP contribution in [-0.2, 0) is 4.79 Å². The molecule has 0 saturated carbocycles. The summed E-state index contributed by atoms with van der Waals surface area (Å²) in [5.41, 5.74) is 6.74. The van der Waals surface area contributed by atoms with Crippen molar-refractivity contribution in [3.8, 4) is 11.4 Å². The molecule has 2 aromatic rings. The molecule has 1 aromatic heterocycles. The van der Waals surface area contributed by atoms with E-state index in [2.05, 4.69) is 15.3 Å². The maximum atomic E-state index is 12.3. The van der Waals surface area contributed by atoms with Crippen LogP contribution in [0.4, 0.5) is 10.5 Å². The summed E-state index contributed by atoms with van der Waals surface area (Å²) in [5, 5.41) is 2.81. The van der Waals surface area contributed by atoms with Crippen LogP contribution in [0.15, 0.2) is 42.7 Å². The van der Waals surface area contributed by atoms with E-state index in [-0.39, 0.29) is 11.8 Å². The molecule has 3 N–H and O–H groups in total. The van der Waals surface area contributed by atoms with Crippen molar-refractivity contribution in [3.05, 3.63) is 42.7 Å². The highest BCUT2D eigenvalue weighted by Crippen LogP contribution is 2.19. The summed E-state index contributed by atoms with van der Waals surface area (Å²) in [5.74, 6) is 0.197. The number of carbonyl (C=O) groups excluding carboxylic acids is 2. The molecule has 1 fully saturated rings. The summed E-state index contributed by atoms with van der Waals surface area (Å²) in [6.45, 7) is 0.956. The van der Waals surface area contributed by atoms with Gasteiger partial charge in [-0.25, -0.2) is 14.8 Å². The van der Waals surface area contributed by atoms with E-state index in [1.54, 1.807) is 12.4 Å². The van der Waals surface area contributed by atoms with Gasteiger partial charge in [-0.2, -0.15) is 0 Å². The van der Waals surface area contributed by atoms with Gasteiger partial charge < -0.3 is 16.0 Å². The average Bonchev–Trinajstić information content (AvgIpc) is 2.63. The van der Waals surface area contributed by atoms with E-state index in [1.807, 2.05) is 30.3 Å². The molecule has 7 nitrogen and oxygen atoms in total. The Bertz CT molecular complexity index is 718. The molecule has 0 bridgehead atoms. The first-order valence-corrected chi connectivity index (χ1v) is 7.86. The summed E-state index contributed by atoms with van der Waals surface area (Å²) in [4.78, 5) is 33.7. The molecule has 7 heteroatoms. The molecule has 1 aromatic carbocycles. The van der Waals surface area contributed by atoms with Gasteiger partial charge in [0.05, 0.1) is 24.0 Å². The van der Waals surface area contributed by atoms with E-state index in [0.29, 0.717) is 24.6 Å². The van der Waals surface area contributed by atoms with Gasteiger partial charge in [0.15, 0.2) is 5.82 Å². The average molecular weight is 325 g/mol. The highest BCUT2D eigenvalue weighted by molar-refractivity contribution is 5.92. The van der Waals surface area contributed by atoms with Crippen LogP contribution in [0.1, 0.15) is 12.8 Å². The number of nitrogens with two attached hydrogens (primary N) is 1. The minimum Gasteiger partial charge on any atom is -0.351 e. The van der Waals surface area contributed by atoms with Gasteiger partial charge in [-0.15, -0.1) is 0 Å². The Balaban J connectivity index is 1.63. The van der Waals surface area contributed by atoms with Gasteiger partial charge in [0.25, 0.3) is 0 Å². The SMILES string of the molecule is NC(=O)N1CCC[C@@H](C(=O)Nc2cnc(-c3ccccc3)nc2)C1. The number of urea groups is 1. The molecule has 0 unspecified atom stereocenters. The van der Waals surface area contributed by atoms with E-state index >= 15 is 0 Å². The number of benzene rings is 1. The van der Waals surface area contributed by atoms with Gasteiger partial charge in [0.1, 0.15) is 0 Å². The third-order valence-electron chi connectivity index (χ3n) is 4.06. The van der Waals surface area contributed by atoms with E-state index < -0.39 is 6.03 Å². The number of hydrogen-bond donors (Lipinski definition) is 2. The Morgan fingerprint density at radius 1 is 1.17 bits per heavy atom. The Kier molecular flexibility index (Phi) is 4.69. The predicted octanol–water partition coefficient (Wildman–Crippen LogP) is 1.87. The number of aromatic nitrogens is 2.